The molecule has 2 aromatic rings. The molecular formula is C25H32N2O3S. The van der Waals surface area contributed by atoms with Crippen LogP contribution >= 0.6 is 0 Å². The summed E-state index contributed by atoms with van der Waals surface area (Å²) in [5.74, 6) is 0.319. The quantitative estimate of drug-likeness (QED) is 0.713. The first kappa shape index (κ1) is 22.0. The fourth-order valence-electron chi connectivity index (χ4n) is 5.06. The number of sulfone groups is 1. The Balaban J connectivity index is 1.52. The smallest absolute Gasteiger partial charge is 0.237 e. The van der Waals surface area contributed by atoms with Crippen LogP contribution in [0.4, 0.5) is 0 Å². The van der Waals surface area contributed by atoms with Crippen LogP contribution in [0.3, 0.4) is 0 Å². The minimum absolute atomic E-state index is 0.0193. The number of carbonyl (C=O) groups excluding carboxylic acids is 1. The van der Waals surface area contributed by atoms with Gasteiger partial charge in [-0.05, 0) is 30.4 Å². The second kappa shape index (κ2) is 9.96. The van der Waals surface area contributed by atoms with Gasteiger partial charge >= 0.3 is 0 Å². The molecule has 0 spiro atoms. The SMILES string of the molecule is O=C(CNC(c1ccccc1)c1ccccc1)N(C1CCCCC1)[C@H]1CCS(=O)(=O)C1. The van der Waals surface area contributed by atoms with Crippen LogP contribution in [0.1, 0.15) is 55.7 Å². The topological polar surface area (TPSA) is 66.5 Å². The zero-order valence-electron chi connectivity index (χ0n) is 17.9. The molecule has 1 amide bonds. The lowest BCUT2D eigenvalue weighted by Crippen LogP contribution is -2.51. The van der Waals surface area contributed by atoms with Crippen LogP contribution in [-0.2, 0) is 14.6 Å². The molecule has 5 nitrogen and oxygen atoms in total. The summed E-state index contributed by atoms with van der Waals surface area (Å²) in [5.41, 5.74) is 2.21. The average molecular weight is 441 g/mol. The fourth-order valence-corrected chi connectivity index (χ4v) is 6.77. The van der Waals surface area contributed by atoms with E-state index in [4.69, 9.17) is 0 Å². The van der Waals surface area contributed by atoms with Gasteiger partial charge in [-0.15, -0.1) is 0 Å². The zero-order chi connectivity index (χ0) is 21.7. The Bertz CT molecular complexity index is 917. The predicted octanol–water partition coefficient (Wildman–Crippen LogP) is 3.71. The molecule has 0 radical (unpaired) electrons. The van der Waals surface area contributed by atoms with E-state index in [1.807, 2.05) is 41.3 Å². The highest BCUT2D eigenvalue weighted by Crippen LogP contribution is 2.29. The molecule has 1 saturated carbocycles. The van der Waals surface area contributed by atoms with Gasteiger partial charge in [0.25, 0.3) is 0 Å². The van der Waals surface area contributed by atoms with Crippen molar-refractivity contribution in [3.8, 4) is 0 Å². The summed E-state index contributed by atoms with van der Waals surface area (Å²) >= 11 is 0. The summed E-state index contributed by atoms with van der Waals surface area (Å²) < 4.78 is 24.3. The summed E-state index contributed by atoms with van der Waals surface area (Å²) in [4.78, 5) is 15.4. The maximum Gasteiger partial charge on any atom is 0.237 e. The number of carbonyl (C=O) groups is 1. The van der Waals surface area contributed by atoms with Crippen molar-refractivity contribution in [2.45, 2.75) is 56.7 Å². The Morgan fingerprint density at radius 1 is 0.871 bits per heavy atom. The maximum atomic E-state index is 13.5. The largest absolute Gasteiger partial charge is 0.335 e. The lowest BCUT2D eigenvalue weighted by Gasteiger charge is -2.38. The number of amides is 1. The second-order valence-electron chi connectivity index (χ2n) is 8.78. The number of hydrogen-bond acceptors (Lipinski definition) is 4. The molecule has 166 valence electrons. The number of nitrogens with zero attached hydrogens (tertiary/aromatic N) is 1. The zero-order valence-corrected chi connectivity index (χ0v) is 18.8. The van der Waals surface area contributed by atoms with Gasteiger partial charge in [-0.25, -0.2) is 8.42 Å². The van der Waals surface area contributed by atoms with Crippen LogP contribution in [0.2, 0.25) is 0 Å². The molecule has 2 aromatic carbocycles. The van der Waals surface area contributed by atoms with Crippen molar-refractivity contribution in [3.63, 3.8) is 0 Å². The molecule has 1 aliphatic carbocycles. The van der Waals surface area contributed by atoms with Gasteiger partial charge < -0.3 is 4.90 Å². The van der Waals surface area contributed by atoms with Crippen LogP contribution in [-0.4, -0.2) is 49.4 Å². The van der Waals surface area contributed by atoms with Crippen molar-refractivity contribution in [2.24, 2.45) is 0 Å². The molecular weight excluding hydrogens is 408 g/mol. The van der Waals surface area contributed by atoms with E-state index in [1.165, 1.54) is 6.42 Å². The Labute approximate surface area is 185 Å². The van der Waals surface area contributed by atoms with E-state index in [9.17, 15) is 13.2 Å². The van der Waals surface area contributed by atoms with E-state index in [2.05, 4.69) is 29.6 Å². The molecule has 0 unspecified atom stereocenters. The summed E-state index contributed by atoms with van der Waals surface area (Å²) in [6, 6.07) is 20.2. The molecule has 1 saturated heterocycles. The van der Waals surface area contributed by atoms with Crippen molar-refractivity contribution in [2.75, 3.05) is 18.1 Å². The van der Waals surface area contributed by atoms with Gasteiger partial charge in [0.2, 0.25) is 5.91 Å². The molecule has 0 bridgehead atoms. The van der Waals surface area contributed by atoms with Crippen LogP contribution in [0.25, 0.3) is 0 Å². The van der Waals surface area contributed by atoms with Crippen molar-refractivity contribution < 1.29 is 13.2 Å². The first-order chi connectivity index (χ1) is 15.0. The van der Waals surface area contributed by atoms with Crippen LogP contribution in [0, 0.1) is 0 Å². The minimum Gasteiger partial charge on any atom is -0.335 e. The van der Waals surface area contributed by atoms with E-state index in [-0.39, 0.29) is 42.1 Å². The Kier molecular flexibility index (Phi) is 7.08. The minimum atomic E-state index is -3.04. The van der Waals surface area contributed by atoms with E-state index >= 15 is 0 Å². The molecule has 0 aromatic heterocycles. The number of benzene rings is 2. The monoisotopic (exact) mass is 440 g/mol. The fraction of sp³-hybridized carbons (Fsp3) is 0.480. The normalized spacial score (nSPS) is 21.3. The molecule has 2 fully saturated rings. The number of rotatable bonds is 7. The predicted molar refractivity (Wildman–Crippen MR) is 124 cm³/mol. The molecule has 31 heavy (non-hydrogen) atoms. The highest BCUT2D eigenvalue weighted by atomic mass is 32.2. The van der Waals surface area contributed by atoms with Gasteiger partial charge in [-0.2, -0.15) is 0 Å². The second-order valence-corrected chi connectivity index (χ2v) is 11.0. The van der Waals surface area contributed by atoms with Gasteiger partial charge in [-0.1, -0.05) is 79.9 Å². The average Bonchev–Trinajstić information content (AvgIpc) is 3.15. The van der Waals surface area contributed by atoms with Gasteiger partial charge in [0.05, 0.1) is 24.1 Å². The van der Waals surface area contributed by atoms with Crippen molar-refractivity contribution in [1.29, 1.82) is 0 Å². The molecule has 2 aliphatic rings. The lowest BCUT2D eigenvalue weighted by molar-refractivity contribution is -0.135. The van der Waals surface area contributed by atoms with Crippen molar-refractivity contribution in [3.05, 3.63) is 71.8 Å². The summed E-state index contributed by atoms with van der Waals surface area (Å²) in [5, 5.41) is 3.48. The van der Waals surface area contributed by atoms with Crippen LogP contribution in [0.5, 0.6) is 0 Å². The number of nitrogens with one attached hydrogen (secondary N) is 1. The summed E-state index contributed by atoms with van der Waals surface area (Å²) in [7, 11) is -3.04. The highest BCUT2D eigenvalue weighted by Gasteiger charge is 2.38. The maximum absolute atomic E-state index is 13.5. The molecule has 1 aliphatic heterocycles. The lowest BCUT2D eigenvalue weighted by atomic mass is 9.92. The van der Waals surface area contributed by atoms with Gasteiger partial charge in [0, 0.05) is 12.1 Å². The van der Waals surface area contributed by atoms with Crippen molar-refractivity contribution >= 4 is 15.7 Å². The van der Waals surface area contributed by atoms with Crippen LogP contribution < -0.4 is 5.32 Å². The molecule has 6 heteroatoms. The van der Waals surface area contributed by atoms with E-state index in [1.54, 1.807) is 0 Å². The highest BCUT2D eigenvalue weighted by molar-refractivity contribution is 7.91. The first-order valence-electron chi connectivity index (χ1n) is 11.4. The van der Waals surface area contributed by atoms with Gasteiger partial charge in [0.1, 0.15) is 0 Å². The Morgan fingerprint density at radius 3 is 1.97 bits per heavy atom. The van der Waals surface area contributed by atoms with E-state index in [0.29, 0.717) is 6.42 Å². The van der Waals surface area contributed by atoms with Crippen molar-refractivity contribution in [1.82, 2.24) is 10.2 Å². The molecule has 1 heterocycles. The summed E-state index contributed by atoms with van der Waals surface area (Å²) in [6.07, 6.45) is 5.93. The third kappa shape index (κ3) is 5.55. The number of hydrogen-bond donors (Lipinski definition) is 1. The Hall–Kier alpha value is -2.18. The molecule has 1 atom stereocenters. The first-order valence-corrected chi connectivity index (χ1v) is 13.2. The standard InChI is InChI=1S/C25H32N2O3S/c28-24(27(22-14-8-3-9-15-22)23-16-17-31(29,30)19-23)18-26-25(20-10-4-1-5-11-20)21-12-6-2-7-13-21/h1-2,4-7,10-13,22-23,25-26H,3,8-9,14-19H2/t23-/m0/s1. The third-order valence-electron chi connectivity index (χ3n) is 6.58. The molecule has 1 N–H and O–H groups in total. The van der Waals surface area contributed by atoms with E-state index < -0.39 is 9.84 Å². The van der Waals surface area contributed by atoms with Gasteiger partial charge in [0.15, 0.2) is 9.84 Å². The molecule has 4 rings (SSSR count). The summed E-state index contributed by atoms with van der Waals surface area (Å²) in [6.45, 7) is 0.196. The Morgan fingerprint density at radius 2 is 1.45 bits per heavy atom. The van der Waals surface area contributed by atoms with E-state index in [0.717, 1.165) is 36.8 Å². The van der Waals surface area contributed by atoms with Gasteiger partial charge in [-0.3, -0.25) is 10.1 Å². The third-order valence-corrected chi connectivity index (χ3v) is 8.33. The van der Waals surface area contributed by atoms with Crippen LogP contribution in [0.15, 0.2) is 60.7 Å².